The highest BCUT2D eigenvalue weighted by molar-refractivity contribution is 7.88. The van der Waals surface area contributed by atoms with Crippen LogP contribution in [-0.4, -0.2) is 49.7 Å². The first kappa shape index (κ1) is 17.7. The van der Waals surface area contributed by atoms with Gasteiger partial charge >= 0.3 is 0 Å². The van der Waals surface area contributed by atoms with E-state index in [-0.39, 0.29) is 17.6 Å². The van der Waals surface area contributed by atoms with E-state index in [1.165, 1.54) is 4.31 Å². The first-order valence-corrected chi connectivity index (χ1v) is 10.5. The van der Waals surface area contributed by atoms with E-state index in [1.807, 2.05) is 4.90 Å². The number of hydrogen-bond donors (Lipinski definition) is 0. The monoisotopic (exact) mass is 370 g/mol. The van der Waals surface area contributed by atoms with Crippen LogP contribution in [-0.2, 0) is 20.6 Å². The number of likely N-dealkylation sites (tertiary alicyclic amines) is 1. The van der Waals surface area contributed by atoms with Crippen molar-refractivity contribution >= 4 is 27.5 Å². The maximum absolute atomic E-state index is 12.7. The summed E-state index contributed by atoms with van der Waals surface area (Å²) in [7, 11) is -3.42. The molecule has 1 aromatic rings. The van der Waals surface area contributed by atoms with Crippen molar-refractivity contribution in [2.75, 3.05) is 26.2 Å². The van der Waals surface area contributed by atoms with Gasteiger partial charge in [-0.15, -0.1) is 0 Å². The van der Waals surface area contributed by atoms with E-state index in [0.29, 0.717) is 23.7 Å². The van der Waals surface area contributed by atoms with E-state index in [2.05, 4.69) is 0 Å². The quantitative estimate of drug-likeness (QED) is 0.818. The first-order chi connectivity index (χ1) is 11.5. The number of carbonyl (C=O) groups excluding carboxylic acids is 1. The molecule has 24 heavy (non-hydrogen) atoms. The van der Waals surface area contributed by atoms with Crippen LogP contribution in [0.2, 0.25) is 5.02 Å². The molecule has 2 heterocycles. The average molecular weight is 371 g/mol. The molecule has 2 aliphatic heterocycles. The highest BCUT2D eigenvalue weighted by atomic mass is 35.5. The molecule has 0 radical (unpaired) electrons. The maximum atomic E-state index is 12.7. The van der Waals surface area contributed by atoms with Crippen molar-refractivity contribution in [1.29, 1.82) is 0 Å². The van der Waals surface area contributed by atoms with Crippen LogP contribution in [0.5, 0.6) is 0 Å². The predicted molar refractivity (Wildman–Crippen MR) is 94.2 cm³/mol. The van der Waals surface area contributed by atoms with Gasteiger partial charge in [-0.05, 0) is 43.4 Å². The van der Waals surface area contributed by atoms with Crippen LogP contribution in [0.3, 0.4) is 0 Å². The number of nitrogens with zero attached hydrogens (tertiary/aromatic N) is 2. The third-order valence-corrected chi connectivity index (χ3v) is 6.88. The number of sulfonamides is 1. The van der Waals surface area contributed by atoms with E-state index >= 15 is 0 Å². The van der Waals surface area contributed by atoms with E-state index in [4.69, 9.17) is 11.6 Å². The minimum Gasteiger partial charge on any atom is -0.342 e. The van der Waals surface area contributed by atoms with Crippen LogP contribution in [0.4, 0.5) is 0 Å². The fourth-order valence-electron chi connectivity index (χ4n) is 3.47. The largest absolute Gasteiger partial charge is 0.342 e. The second-order valence-electron chi connectivity index (χ2n) is 6.61. The third kappa shape index (κ3) is 4.10. The smallest absolute Gasteiger partial charge is 0.227 e. The number of benzene rings is 1. The molecule has 0 spiro atoms. The summed E-state index contributed by atoms with van der Waals surface area (Å²) >= 11 is 5.85. The van der Waals surface area contributed by atoms with Gasteiger partial charge in [0.05, 0.1) is 11.7 Å². The lowest BCUT2D eigenvalue weighted by Gasteiger charge is -2.33. The molecule has 0 unspecified atom stereocenters. The summed E-state index contributed by atoms with van der Waals surface area (Å²) in [4.78, 5) is 14.4. The number of carbonyl (C=O) groups is 1. The zero-order valence-corrected chi connectivity index (χ0v) is 15.2. The summed E-state index contributed by atoms with van der Waals surface area (Å²) in [5, 5.41) is 0.588. The molecule has 0 aliphatic carbocycles. The maximum Gasteiger partial charge on any atom is 0.227 e. The minimum atomic E-state index is -3.42. The van der Waals surface area contributed by atoms with Gasteiger partial charge in [0, 0.05) is 31.2 Å². The van der Waals surface area contributed by atoms with Crippen molar-refractivity contribution in [1.82, 2.24) is 9.21 Å². The highest BCUT2D eigenvalue weighted by Crippen LogP contribution is 2.24. The van der Waals surface area contributed by atoms with Crippen molar-refractivity contribution in [3.63, 3.8) is 0 Å². The Balaban J connectivity index is 1.66. The third-order valence-electron chi connectivity index (χ3n) is 4.81. The molecule has 1 aromatic carbocycles. The fourth-order valence-corrected chi connectivity index (χ4v) is 5.21. The highest BCUT2D eigenvalue weighted by Gasteiger charge is 2.34. The summed E-state index contributed by atoms with van der Waals surface area (Å²) in [5.41, 5.74) is 0.715. The van der Waals surface area contributed by atoms with Crippen LogP contribution in [0.25, 0.3) is 0 Å². The van der Waals surface area contributed by atoms with Crippen LogP contribution < -0.4 is 0 Å². The van der Waals surface area contributed by atoms with E-state index < -0.39 is 10.0 Å². The van der Waals surface area contributed by atoms with Gasteiger partial charge in [0.1, 0.15) is 0 Å². The van der Waals surface area contributed by atoms with Crippen molar-refractivity contribution in [2.24, 2.45) is 5.92 Å². The number of hydrogen-bond acceptors (Lipinski definition) is 3. The molecule has 0 saturated carbocycles. The zero-order valence-electron chi connectivity index (χ0n) is 13.7. The van der Waals surface area contributed by atoms with Gasteiger partial charge in [0.2, 0.25) is 15.9 Å². The van der Waals surface area contributed by atoms with Gasteiger partial charge in [-0.2, -0.15) is 0 Å². The van der Waals surface area contributed by atoms with Gasteiger partial charge < -0.3 is 4.90 Å². The summed E-state index contributed by atoms with van der Waals surface area (Å²) in [6, 6.07) is 6.86. The summed E-state index contributed by atoms with van der Waals surface area (Å²) in [6.07, 6.45) is 3.63. The number of amides is 1. The molecule has 0 N–H and O–H groups in total. The minimum absolute atomic E-state index is 0.0468. The Morgan fingerprint density at radius 3 is 2.42 bits per heavy atom. The Bertz CT molecular complexity index is 684. The van der Waals surface area contributed by atoms with Gasteiger partial charge in [-0.25, -0.2) is 12.7 Å². The molecular weight excluding hydrogens is 348 g/mol. The molecule has 2 fully saturated rings. The molecule has 7 heteroatoms. The molecule has 2 saturated heterocycles. The van der Waals surface area contributed by atoms with Crippen LogP contribution in [0.1, 0.15) is 31.2 Å². The molecule has 1 atom stereocenters. The van der Waals surface area contributed by atoms with Gasteiger partial charge in [0.15, 0.2) is 0 Å². The number of piperidine rings is 1. The van der Waals surface area contributed by atoms with Crippen LogP contribution in [0.15, 0.2) is 24.3 Å². The Morgan fingerprint density at radius 1 is 1.08 bits per heavy atom. The molecule has 132 valence electrons. The first-order valence-electron chi connectivity index (χ1n) is 8.47. The molecule has 0 aromatic heterocycles. The average Bonchev–Trinajstić information content (AvgIpc) is 3.11. The van der Waals surface area contributed by atoms with Gasteiger partial charge in [0.25, 0.3) is 0 Å². The van der Waals surface area contributed by atoms with Gasteiger partial charge in [-0.3, -0.25) is 4.79 Å². The summed E-state index contributed by atoms with van der Waals surface area (Å²) in [5.74, 6) is -0.120. The zero-order chi connectivity index (χ0) is 17.2. The van der Waals surface area contributed by atoms with Crippen LogP contribution in [0, 0.1) is 5.92 Å². The predicted octanol–water partition coefficient (Wildman–Crippen LogP) is 2.50. The summed E-state index contributed by atoms with van der Waals surface area (Å²) < 4.78 is 26.9. The summed E-state index contributed by atoms with van der Waals surface area (Å²) in [6.45, 7) is 2.44. The molecule has 5 nitrogen and oxygen atoms in total. The molecule has 1 amide bonds. The Hall–Kier alpha value is -1.11. The van der Waals surface area contributed by atoms with Crippen LogP contribution >= 0.6 is 11.6 Å². The topological polar surface area (TPSA) is 57.7 Å². The second-order valence-corrected chi connectivity index (χ2v) is 9.02. The normalized spacial score (nSPS) is 22.7. The Labute approximate surface area is 148 Å². The molecule has 2 aliphatic rings. The number of halogens is 1. The van der Waals surface area contributed by atoms with Crippen molar-refractivity contribution < 1.29 is 13.2 Å². The SMILES string of the molecule is O=C([C@@H]1CCCN(S(=O)(=O)Cc2ccc(Cl)cc2)C1)N1CCCC1. The standard InChI is InChI=1S/C17H23ClN2O3S/c18-16-7-5-14(6-8-16)13-24(22,23)20-11-3-4-15(12-20)17(21)19-9-1-2-10-19/h5-8,15H,1-4,9-13H2/t15-/m1/s1. The van der Waals surface area contributed by atoms with Gasteiger partial charge in [-0.1, -0.05) is 23.7 Å². The van der Waals surface area contributed by atoms with E-state index in [1.54, 1.807) is 24.3 Å². The Morgan fingerprint density at radius 2 is 1.75 bits per heavy atom. The second kappa shape index (κ2) is 7.42. The van der Waals surface area contributed by atoms with E-state index in [0.717, 1.165) is 38.8 Å². The van der Waals surface area contributed by atoms with Crippen molar-refractivity contribution in [2.45, 2.75) is 31.4 Å². The number of rotatable bonds is 4. The lowest BCUT2D eigenvalue weighted by atomic mass is 9.98. The lowest BCUT2D eigenvalue weighted by Crippen LogP contribution is -2.46. The molecular formula is C17H23ClN2O3S. The molecule has 0 bridgehead atoms. The Kier molecular flexibility index (Phi) is 5.47. The molecule has 3 rings (SSSR count). The van der Waals surface area contributed by atoms with E-state index in [9.17, 15) is 13.2 Å². The van der Waals surface area contributed by atoms with Crippen molar-refractivity contribution in [3.8, 4) is 0 Å². The van der Waals surface area contributed by atoms with Crippen molar-refractivity contribution in [3.05, 3.63) is 34.9 Å². The fraction of sp³-hybridized carbons (Fsp3) is 0.588. The lowest BCUT2D eigenvalue weighted by molar-refractivity contribution is -0.135.